The number of ketones is 1. The van der Waals surface area contributed by atoms with Crippen molar-refractivity contribution in [3.8, 4) is 0 Å². The molecule has 2 unspecified atom stereocenters. The van der Waals surface area contributed by atoms with Crippen LogP contribution in [0.4, 0.5) is 0 Å². The quantitative estimate of drug-likeness (QED) is 0.541. The van der Waals surface area contributed by atoms with Gasteiger partial charge in [0, 0.05) is 11.5 Å². The molecule has 2 atom stereocenters. The van der Waals surface area contributed by atoms with Crippen molar-refractivity contribution in [2.75, 3.05) is 0 Å². The average molecular weight is 278 g/mol. The van der Waals surface area contributed by atoms with Crippen molar-refractivity contribution >= 4 is 14.1 Å². The molecule has 1 aromatic rings. The van der Waals surface area contributed by atoms with Crippen LogP contribution >= 0.6 is 0 Å². The minimum absolute atomic E-state index is 0.0457. The fourth-order valence-electron chi connectivity index (χ4n) is 2.18. The van der Waals surface area contributed by atoms with Crippen molar-refractivity contribution < 1.29 is 9.22 Å². The molecule has 1 aromatic carbocycles. The van der Waals surface area contributed by atoms with Crippen LogP contribution in [-0.4, -0.2) is 20.2 Å². The molecule has 0 saturated carbocycles. The fourth-order valence-corrected chi connectivity index (χ4v) is 3.41. The Labute approximate surface area is 118 Å². The van der Waals surface area contributed by atoms with Gasteiger partial charge >= 0.3 is 0 Å². The van der Waals surface area contributed by atoms with E-state index in [1.54, 1.807) is 0 Å². The van der Waals surface area contributed by atoms with E-state index in [4.69, 9.17) is 4.43 Å². The summed E-state index contributed by atoms with van der Waals surface area (Å²) >= 11 is 0. The van der Waals surface area contributed by atoms with E-state index in [1.165, 1.54) is 0 Å². The minimum atomic E-state index is -1.62. The first kappa shape index (κ1) is 16.1. The SMILES string of the molecule is CCCC(O[Si](C)(C)C)C(C)C(=O)c1ccccc1. The summed E-state index contributed by atoms with van der Waals surface area (Å²) in [5.74, 6) is 0.117. The molecule has 0 fully saturated rings. The van der Waals surface area contributed by atoms with Crippen LogP contribution < -0.4 is 0 Å². The standard InChI is InChI=1S/C16H26O2Si/c1-6-10-15(18-19(3,4)5)13(2)16(17)14-11-8-7-9-12-14/h7-9,11-13,15H,6,10H2,1-5H3. The highest BCUT2D eigenvalue weighted by atomic mass is 28.4. The third-order valence-electron chi connectivity index (χ3n) is 3.11. The van der Waals surface area contributed by atoms with E-state index in [-0.39, 0.29) is 17.8 Å². The molecule has 3 heteroatoms. The lowest BCUT2D eigenvalue weighted by atomic mass is 9.92. The zero-order valence-electron chi connectivity index (χ0n) is 12.8. The van der Waals surface area contributed by atoms with E-state index < -0.39 is 8.32 Å². The molecule has 0 N–H and O–H groups in total. The lowest BCUT2D eigenvalue weighted by Gasteiger charge is -2.30. The maximum absolute atomic E-state index is 12.5. The summed E-state index contributed by atoms with van der Waals surface area (Å²) in [6, 6.07) is 9.53. The van der Waals surface area contributed by atoms with Gasteiger partial charge in [-0.3, -0.25) is 4.79 Å². The van der Waals surface area contributed by atoms with Gasteiger partial charge in [0.15, 0.2) is 14.1 Å². The van der Waals surface area contributed by atoms with Crippen molar-refractivity contribution in [1.29, 1.82) is 0 Å². The summed E-state index contributed by atoms with van der Waals surface area (Å²) in [5.41, 5.74) is 0.787. The summed E-state index contributed by atoms with van der Waals surface area (Å²) in [4.78, 5) is 12.5. The topological polar surface area (TPSA) is 26.3 Å². The number of rotatable bonds is 7. The van der Waals surface area contributed by atoms with Gasteiger partial charge < -0.3 is 4.43 Å². The summed E-state index contributed by atoms with van der Waals surface area (Å²) in [5, 5.41) is 0. The minimum Gasteiger partial charge on any atom is -0.414 e. The highest BCUT2D eigenvalue weighted by molar-refractivity contribution is 6.69. The zero-order chi connectivity index (χ0) is 14.5. The Balaban J connectivity index is 2.81. The number of benzene rings is 1. The van der Waals surface area contributed by atoms with Crippen molar-refractivity contribution in [2.24, 2.45) is 5.92 Å². The van der Waals surface area contributed by atoms with Crippen LogP contribution in [0.5, 0.6) is 0 Å². The molecule has 2 nitrogen and oxygen atoms in total. The monoisotopic (exact) mass is 278 g/mol. The smallest absolute Gasteiger partial charge is 0.184 e. The largest absolute Gasteiger partial charge is 0.414 e. The van der Waals surface area contributed by atoms with Crippen LogP contribution in [0.3, 0.4) is 0 Å². The second-order valence-corrected chi connectivity index (χ2v) is 10.5. The molecule has 0 radical (unpaired) electrons. The van der Waals surface area contributed by atoms with Crippen LogP contribution in [0, 0.1) is 5.92 Å². The third-order valence-corrected chi connectivity index (χ3v) is 4.12. The number of hydrogen-bond donors (Lipinski definition) is 0. The first-order chi connectivity index (χ1) is 8.85. The Morgan fingerprint density at radius 3 is 2.26 bits per heavy atom. The molecule has 0 aliphatic rings. The molecule has 106 valence electrons. The van der Waals surface area contributed by atoms with Gasteiger partial charge in [-0.1, -0.05) is 50.6 Å². The van der Waals surface area contributed by atoms with Gasteiger partial charge in [-0.25, -0.2) is 0 Å². The van der Waals surface area contributed by atoms with Crippen molar-refractivity contribution in [3.63, 3.8) is 0 Å². The predicted molar refractivity (Wildman–Crippen MR) is 83.1 cm³/mol. The van der Waals surface area contributed by atoms with Gasteiger partial charge in [0.25, 0.3) is 0 Å². The first-order valence-corrected chi connectivity index (χ1v) is 10.5. The second-order valence-electron chi connectivity index (χ2n) is 6.08. The van der Waals surface area contributed by atoms with Gasteiger partial charge in [0.1, 0.15) is 0 Å². The molecule has 0 saturated heterocycles. The molecule has 1 rings (SSSR count). The molecule has 0 amide bonds. The Morgan fingerprint density at radius 2 is 1.79 bits per heavy atom. The summed E-state index contributed by atoms with van der Waals surface area (Å²) in [7, 11) is -1.62. The fraction of sp³-hybridized carbons (Fsp3) is 0.562. The van der Waals surface area contributed by atoms with Gasteiger partial charge in [-0.05, 0) is 26.1 Å². The molecule has 19 heavy (non-hydrogen) atoms. The second kappa shape index (κ2) is 7.01. The van der Waals surface area contributed by atoms with Crippen molar-refractivity contribution in [3.05, 3.63) is 35.9 Å². The van der Waals surface area contributed by atoms with Gasteiger partial charge in [-0.15, -0.1) is 0 Å². The highest BCUT2D eigenvalue weighted by Crippen LogP contribution is 2.22. The molecule has 0 aliphatic carbocycles. The Morgan fingerprint density at radius 1 is 1.21 bits per heavy atom. The average Bonchev–Trinajstić information content (AvgIpc) is 2.36. The summed E-state index contributed by atoms with van der Waals surface area (Å²) in [6.07, 6.45) is 2.04. The predicted octanol–water partition coefficient (Wildman–Crippen LogP) is 4.53. The van der Waals surface area contributed by atoms with Crippen LogP contribution in [0.2, 0.25) is 19.6 Å². The maximum Gasteiger partial charge on any atom is 0.184 e. The third kappa shape index (κ3) is 5.29. The van der Waals surface area contributed by atoms with Crippen LogP contribution in [0.15, 0.2) is 30.3 Å². The van der Waals surface area contributed by atoms with E-state index in [0.29, 0.717) is 0 Å². The van der Waals surface area contributed by atoms with Crippen LogP contribution in [0.25, 0.3) is 0 Å². The van der Waals surface area contributed by atoms with Crippen molar-refractivity contribution in [1.82, 2.24) is 0 Å². The first-order valence-electron chi connectivity index (χ1n) is 7.12. The molecule has 0 spiro atoms. The summed E-state index contributed by atoms with van der Waals surface area (Å²) < 4.78 is 6.20. The van der Waals surface area contributed by atoms with E-state index in [2.05, 4.69) is 26.6 Å². The van der Waals surface area contributed by atoms with Gasteiger partial charge in [0.2, 0.25) is 0 Å². The van der Waals surface area contributed by atoms with Crippen LogP contribution in [-0.2, 0) is 4.43 Å². The van der Waals surface area contributed by atoms with Gasteiger partial charge in [0.05, 0.1) is 6.10 Å². The van der Waals surface area contributed by atoms with E-state index >= 15 is 0 Å². The van der Waals surface area contributed by atoms with Crippen molar-refractivity contribution in [2.45, 2.75) is 52.4 Å². The molecule has 0 heterocycles. The normalized spacial score (nSPS) is 15.0. The molecule has 0 aromatic heterocycles. The number of Topliss-reactive ketones (excluding diaryl/α,β-unsaturated/α-hetero) is 1. The number of carbonyl (C=O) groups excluding carboxylic acids is 1. The Hall–Kier alpha value is -0.933. The van der Waals surface area contributed by atoms with E-state index in [0.717, 1.165) is 18.4 Å². The van der Waals surface area contributed by atoms with Gasteiger partial charge in [-0.2, -0.15) is 0 Å². The zero-order valence-corrected chi connectivity index (χ0v) is 13.8. The molecular formula is C16H26O2Si. The maximum atomic E-state index is 12.5. The number of hydrogen-bond acceptors (Lipinski definition) is 2. The van der Waals surface area contributed by atoms with E-state index in [9.17, 15) is 4.79 Å². The highest BCUT2D eigenvalue weighted by Gasteiger charge is 2.29. The Bertz CT molecular complexity index is 395. The Kier molecular flexibility index (Phi) is 5.95. The van der Waals surface area contributed by atoms with E-state index in [1.807, 2.05) is 37.3 Å². The number of carbonyl (C=O) groups is 1. The van der Waals surface area contributed by atoms with Crippen LogP contribution in [0.1, 0.15) is 37.0 Å². The summed E-state index contributed by atoms with van der Waals surface area (Å²) in [6.45, 7) is 10.7. The lowest BCUT2D eigenvalue weighted by Crippen LogP contribution is -2.38. The lowest BCUT2D eigenvalue weighted by molar-refractivity contribution is 0.0738. The molecule has 0 aliphatic heterocycles. The molecular weight excluding hydrogens is 252 g/mol. The molecule has 0 bridgehead atoms.